The van der Waals surface area contributed by atoms with Crippen molar-refractivity contribution in [3.8, 4) is 0 Å². The molecule has 0 aromatic carbocycles. The van der Waals surface area contributed by atoms with Crippen LogP contribution < -0.4 is 5.73 Å². The number of hydrogen-bond donors (Lipinski definition) is 1. The molecule has 1 aliphatic rings. The standard InChI is InChI=1S/C20H39NO5S2/c1-15(2)24-11-20(13-27-28-14-20)12-25-16(22)18(5,6)19(7,21)26-10-9-17(3,4)23-8/h15H,9-14,21H2,1-8H3. The number of ether oxygens (including phenoxy) is 4. The Balaban J connectivity index is 2.66. The lowest BCUT2D eigenvalue weighted by Crippen LogP contribution is -2.57. The summed E-state index contributed by atoms with van der Waals surface area (Å²) in [7, 11) is 5.26. The van der Waals surface area contributed by atoms with Crippen molar-refractivity contribution in [2.75, 3.05) is 38.4 Å². The van der Waals surface area contributed by atoms with Crippen LogP contribution in [-0.4, -0.2) is 61.8 Å². The van der Waals surface area contributed by atoms with E-state index in [1.165, 1.54) is 0 Å². The predicted molar refractivity (Wildman–Crippen MR) is 117 cm³/mol. The summed E-state index contributed by atoms with van der Waals surface area (Å²) in [5.74, 6) is 1.45. The molecule has 1 rings (SSSR count). The largest absolute Gasteiger partial charge is 0.464 e. The first-order chi connectivity index (χ1) is 12.8. The molecule has 1 fully saturated rings. The molecule has 0 aromatic heterocycles. The topological polar surface area (TPSA) is 80.0 Å². The van der Waals surface area contributed by atoms with Gasteiger partial charge in [-0.25, -0.2) is 0 Å². The average molecular weight is 438 g/mol. The number of hydrogen-bond acceptors (Lipinski definition) is 8. The lowest BCUT2D eigenvalue weighted by molar-refractivity contribution is -0.182. The molecule has 2 N–H and O–H groups in total. The minimum atomic E-state index is -1.16. The van der Waals surface area contributed by atoms with Crippen LogP contribution in [-0.2, 0) is 23.7 Å². The van der Waals surface area contributed by atoms with Crippen LogP contribution in [0.4, 0.5) is 0 Å². The summed E-state index contributed by atoms with van der Waals surface area (Å²) in [6, 6.07) is 0. The third-order valence-electron chi connectivity index (χ3n) is 5.46. The molecule has 1 atom stereocenters. The molecule has 0 aliphatic carbocycles. The highest BCUT2D eigenvalue weighted by atomic mass is 33.1. The van der Waals surface area contributed by atoms with Crippen LogP contribution in [0.5, 0.6) is 0 Å². The summed E-state index contributed by atoms with van der Waals surface area (Å²) in [5, 5.41) is 0. The maximum Gasteiger partial charge on any atom is 0.315 e. The maximum absolute atomic E-state index is 12.9. The highest BCUT2D eigenvalue weighted by Gasteiger charge is 2.48. The predicted octanol–water partition coefficient (Wildman–Crippen LogP) is 3.87. The van der Waals surface area contributed by atoms with Crippen molar-refractivity contribution >= 4 is 27.6 Å². The van der Waals surface area contributed by atoms with Gasteiger partial charge < -0.3 is 24.7 Å². The molecule has 0 radical (unpaired) electrons. The molecule has 6 nitrogen and oxygen atoms in total. The zero-order chi connectivity index (χ0) is 21.6. The van der Waals surface area contributed by atoms with Crippen molar-refractivity contribution in [1.29, 1.82) is 0 Å². The molecule has 0 amide bonds. The van der Waals surface area contributed by atoms with Crippen LogP contribution in [0, 0.1) is 10.8 Å². The summed E-state index contributed by atoms with van der Waals surface area (Å²) < 4.78 is 22.9. The van der Waals surface area contributed by atoms with Gasteiger partial charge in [0.25, 0.3) is 0 Å². The van der Waals surface area contributed by atoms with Crippen molar-refractivity contribution in [2.45, 2.75) is 72.3 Å². The number of carbonyl (C=O) groups is 1. The van der Waals surface area contributed by atoms with Crippen molar-refractivity contribution in [1.82, 2.24) is 0 Å². The first-order valence-corrected chi connectivity index (χ1v) is 12.3. The summed E-state index contributed by atoms with van der Waals surface area (Å²) >= 11 is 0. The molecule has 0 spiro atoms. The quantitative estimate of drug-likeness (QED) is 0.280. The smallest absolute Gasteiger partial charge is 0.315 e. The number of rotatable bonds is 12. The van der Waals surface area contributed by atoms with Crippen molar-refractivity contribution in [3.05, 3.63) is 0 Å². The molecule has 0 saturated carbocycles. The second-order valence-corrected chi connectivity index (χ2v) is 11.7. The fourth-order valence-corrected chi connectivity index (χ4v) is 5.65. The van der Waals surface area contributed by atoms with E-state index in [9.17, 15) is 4.79 Å². The van der Waals surface area contributed by atoms with Crippen LogP contribution >= 0.6 is 21.6 Å². The first kappa shape index (κ1) is 26.0. The Kier molecular flexibility index (Phi) is 9.63. The lowest BCUT2D eigenvalue weighted by Gasteiger charge is -2.40. The molecule has 8 heteroatoms. The van der Waals surface area contributed by atoms with E-state index < -0.39 is 11.1 Å². The normalized spacial score (nSPS) is 19.6. The molecule has 1 heterocycles. The zero-order valence-corrected chi connectivity index (χ0v) is 20.4. The number of nitrogens with two attached hydrogens (primary N) is 1. The van der Waals surface area contributed by atoms with Crippen LogP contribution in [0.25, 0.3) is 0 Å². The van der Waals surface area contributed by atoms with Crippen LogP contribution in [0.15, 0.2) is 0 Å². The molecule has 1 saturated heterocycles. The Hall–Kier alpha value is 0.01000. The van der Waals surface area contributed by atoms with E-state index >= 15 is 0 Å². The van der Waals surface area contributed by atoms with Gasteiger partial charge in [-0.2, -0.15) is 0 Å². The van der Waals surface area contributed by atoms with E-state index in [1.807, 2.05) is 27.7 Å². The highest BCUT2D eigenvalue weighted by Crippen LogP contribution is 2.44. The Bertz CT molecular complexity index is 503. The van der Waals surface area contributed by atoms with Gasteiger partial charge in [-0.15, -0.1) is 0 Å². The second kappa shape index (κ2) is 10.4. The van der Waals surface area contributed by atoms with Crippen molar-refractivity contribution in [3.63, 3.8) is 0 Å². The van der Waals surface area contributed by atoms with E-state index in [-0.39, 0.29) is 23.1 Å². The van der Waals surface area contributed by atoms with Gasteiger partial charge in [-0.05, 0) is 54.9 Å². The summed E-state index contributed by atoms with van der Waals surface area (Å²) in [5.41, 5.74) is 3.77. The Morgan fingerprint density at radius 1 is 1.11 bits per heavy atom. The minimum absolute atomic E-state index is 0.150. The lowest BCUT2D eigenvalue weighted by atomic mass is 9.82. The number of esters is 1. The summed E-state index contributed by atoms with van der Waals surface area (Å²) in [6.07, 6.45) is 0.822. The molecule has 0 bridgehead atoms. The van der Waals surface area contributed by atoms with Gasteiger partial charge in [0.1, 0.15) is 17.7 Å². The van der Waals surface area contributed by atoms with Crippen molar-refractivity contribution < 1.29 is 23.7 Å². The summed E-state index contributed by atoms with van der Waals surface area (Å²) in [6.45, 7) is 14.6. The maximum atomic E-state index is 12.9. The van der Waals surface area contributed by atoms with Crippen molar-refractivity contribution in [2.24, 2.45) is 16.6 Å². The molecular weight excluding hydrogens is 398 g/mol. The third kappa shape index (κ3) is 7.36. The SMILES string of the molecule is COC(C)(C)CCOC(C)(N)C(C)(C)C(=O)OCC1(COC(C)C)CSSC1. The summed E-state index contributed by atoms with van der Waals surface area (Å²) in [4.78, 5) is 12.9. The van der Waals surface area contributed by atoms with E-state index in [2.05, 4.69) is 0 Å². The van der Waals surface area contributed by atoms with E-state index in [4.69, 9.17) is 24.7 Å². The molecular formula is C20H39NO5S2. The monoisotopic (exact) mass is 437 g/mol. The first-order valence-electron chi connectivity index (χ1n) is 9.78. The molecule has 0 aromatic rings. The van der Waals surface area contributed by atoms with Gasteiger partial charge >= 0.3 is 5.97 Å². The van der Waals surface area contributed by atoms with Crippen LogP contribution in [0.3, 0.4) is 0 Å². The number of methoxy groups -OCH3 is 1. The Morgan fingerprint density at radius 2 is 1.68 bits per heavy atom. The fraction of sp³-hybridized carbons (Fsp3) is 0.950. The van der Waals surface area contributed by atoms with Gasteiger partial charge in [0.05, 0.1) is 24.9 Å². The highest BCUT2D eigenvalue weighted by molar-refractivity contribution is 8.77. The zero-order valence-electron chi connectivity index (χ0n) is 18.8. The second-order valence-electron chi connectivity index (χ2n) is 9.25. The van der Waals surface area contributed by atoms with E-state index in [0.29, 0.717) is 26.2 Å². The van der Waals surface area contributed by atoms with Gasteiger partial charge in [0.15, 0.2) is 0 Å². The van der Waals surface area contributed by atoms with Gasteiger partial charge in [-0.1, -0.05) is 21.6 Å². The molecule has 1 aliphatic heterocycles. The number of carbonyl (C=O) groups excluding carboxylic acids is 1. The molecule has 166 valence electrons. The minimum Gasteiger partial charge on any atom is -0.464 e. The van der Waals surface area contributed by atoms with Crippen LogP contribution in [0.1, 0.15) is 54.9 Å². The van der Waals surface area contributed by atoms with Gasteiger partial charge in [-0.3, -0.25) is 4.79 Å². The van der Waals surface area contributed by atoms with Gasteiger partial charge in [0.2, 0.25) is 0 Å². The Morgan fingerprint density at radius 3 is 2.18 bits per heavy atom. The average Bonchev–Trinajstić information content (AvgIpc) is 3.06. The molecule has 28 heavy (non-hydrogen) atoms. The van der Waals surface area contributed by atoms with Gasteiger partial charge in [0, 0.05) is 24.0 Å². The fourth-order valence-electron chi connectivity index (χ4n) is 2.32. The van der Waals surface area contributed by atoms with E-state index in [1.54, 1.807) is 49.5 Å². The van der Waals surface area contributed by atoms with E-state index in [0.717, 1.165) is 11.5 Å². The molecule has 1 unspecified atom stereocenters. The third-order valence-corrected chi connectivity index (χ3v) is 8.29. The van der Waals surface area contributed by atoms with Crippen LogP contribution in [0.2, 0.25) is 0 Å². The Labute approximate surface area is 178 Å².